The van der Waals surface area contributed by atoms with Crippen LogP contribution < -0.4 is 15.4 Å². The van der Waals surface area contributed by atoms with E-state index in [9.17, 15) is 27.9 Å². The third-order valence-electron chi connectivity index (χ3n) is 7.65. The van der Waals surface area contributed by atoms with E-state index in [4.69, 9.17) is 0 Å². The van der Waals surface area contributed by atoms with Crippen LogP contribution >= 0.6 is 11.3 Å². The van der Waals surface area contributed by atoms with E-state index in [1.54, 1.807) is 41.7 Å². The lowest BCUT2D eigenvalue weighted by Gasteiger charge is -2.26. The number of benzene rings is 3. The Bertz CT molecular complexity index is 1570. The molecule has 3 aromatic carbocycles. The molecular formula is C34H34F3N3O4S. The number of thiophene rings is 1. The van der Waals surface area contributed by atoms with Gasteiger partial charge in [0.05, 0.1) is 18.2 Å². The number of aliphatic hydroxyl groups excluding tert-OH is 1. The second-order valence-corrected chi connectivity index (χ2v) is 11.9. The number of alkyl halides is 3. The molecule has 1 aromatic heterocycles. The monoisotopic (exact) mass is 637 g/mol. The summed E-state index contributed by atoms with van der Waals surface area (Å²) in [6.07, 6.45) is -3.69. The summed E-state index contributed by atoms with van der Waals surface area (Å²) < 4.78 is 41.8. The van der Waals surface area contributed by atoms with Crippen molar-refractivity contribution in [2.75, 3.05) is 13.1 Å². The van der Waals surface area contributed by atoms with Gasteiger partial charge in [-0.3, -0.25) is 9.59 Å². The highest BCUT2D eigenvalue weighted by Crippen LogP contribution is 2.35. The van der Waals surface area contributed by atoms with Gasteiger partial charge in [-0.15, -0.1) is 24.5 Å². The molecule has 0 saturated carbocycles. The highest BCUT2D eigenvalue weighted by atomic mass is 32.1. The lowest BCUT2D eigenvalue weighted by atomic mass is 10.00. The molecule has 1 fully saturated rings. The molecule has 0 bridgehead atoms. The summed E-state index contributed by atoms with van der Waals surface area (Å²) in [4.78, 5) is 30.0. The van der Waals surface area contributed by atoms with Gasteiger partial charge in [-0.1, -0.05) is 54.6 Å². The Hall–Kier alpha value is -4.19. The number of nitrogens with zero attached hydrogens (tertiary/aromatic N) is 1. The van der Waals surface area contributed by atoms with E-state index < -0.39 is 24.4 Å². The fourth-order valence-corrected chi connectivity index (χ4v) is 6.38. The minimum atomic E-state index is -4.79. The predicted octanol–water partition coefficient (Wildman–Crippen LogP) is 6.12. The lowest BCUT2D eigenvalue weighted by Crippen LogP contribution is -2.48. The molecule has 2 heterocycles. The Balaban J connectivity index is 1.25. The fourth-order valence-electron chi connectivity index (χ4n) is 5.51. The van der Waals surface area contributed by atoms with Crippen LogP contribution in [0.15, 0.2) is 96.4 Å². The average molecular weight is 638 g/mol. The summed E-state index contributed by atoms with van der Waals surface area (Å²) in [5, 5.41) is 19.1. The third kappa shape index (κ3) is 8.93. The first-order valence-corrected chi connectivity index (χ1v) is 15.6. The van der Waals surface area contributed by atoms with Crippen LogP contribution in [0, 0.1) is 0 Å². The molecule has 4 aromatic rings. The Labute approximate surface area is 263 Å². The van der Waals surface area contributed by atoms with E-state index in [2.05, 4.69) is 15.4 Å². The number of amides is 2. The first-order chi connectivity index (χ1) is 21.7. The maximum Gasteiger partial charge on any atom is 0.573 e. The van der Waals surface area contributed by atoms with Gasteiger partial charge in [0.2, 0.25) is 0 Å². The average Bonchev–Trinajstić information content (AvgIpc) is 3.73. The quantitative estimate of drug-likeness (QED) is 0.174. The van der Waals surface area contributed by atoms with Gasteiger partial charge in [-0.05, 0) is 72.2 Å². The summed E-state index contributed by atoms with van der Waals surface area (Å²) in [5.41, 5.74) is 2.15. The molecule has 45 heavy (non-hydrogen) atoms. The Morgan fingerprint density at radius 3 is 2.47 bits per heavy atom. The second kappa shape index (κ2) is 14.7. The van der Waals surface area contributed by atoms with Crippen LogP contribution in [-0.2, 0) is 13.0 Å². The number of ether oxygens (including phenoxy) is 1. The van der Waals surface area contributed by atoms with Crippen molar-refractivity contribution < 1.29 is 32.6 Å². The molecule has 236 valence electrons. The molecule has 5 rings (SSSR count). The van der Waals surface area contributed by atoms with Crippen LogP contribution in [0.4, 0.5) is 13.2 Å². The van der Waals surface area contributed by atoms with Crippen LogP contribution in [-0.4, -0.2) is 53.4 Å². The zero-order valence-electron chi connectivity index (χ0n) is 24.4. The van der Waals surface area contributed by atoms with Crippen LogP contribution in [0.3, 0.4) is 0 Å². The SMILES string of the molecule is O=C(N[C@@H](Cc1ccccc1)[C@@H](O)CNCc1cccc(OC(F)(F)F)c1)c1cccc(C(=O)N2CCCC2c2cccs2)c1. The third-order valence-corrected chi connectivity index (χ3v) is 8.62. The maximum atomic E-state index is 13.5. The van der Waals surface area contributed by atoms with Gasteiger partial charge < -0.3 is 25.4 Å². The van der Waals surface area contributed by atoms with Gasteiger partial charge in [-0.2, -0.15) is 0 Å². The highest BCUT2D eigenvalue weighted by Gasteiger charge is 2.32. The van der Waals surface area contributed by atoms with Crippen molar-refractivity contribution in [3.05, 3.63) is 124 Å². The number of hydrogen-bond donors (Lipinski definition) is 3. The van der Waals surface area contributed by atoms with Gasteiger partial charge in [0.1, 0.15) is 5.75 Å². The molecule has 3 N–H and O–H groups in total. The summed E-state index contributed by atoms with van der Waals surface area (Å²) in [7, 11) is 0. The molecule has 0 radical (unpaired) electrons. The van der Waals surface area contributed by atoms with E-state index >= 15 is 0 Å². The number of nitrogens with one attached hydrogen (secondary N) is 2. The molecule has 0 spiro atoms. The molecule has 1 unspecified atom stereocenters. The Morgan fingerprint density at radius 1 is 0.956 bits per heavy atom. The summed E-state index contributed by atoms with van der Waals surface area (Å²) in [6.45, 7) is 0.876. The minimum absolute atomic E-state index is 0.0209. The molecule has 1 saturated heterocycles. The molecular weight excluding hydrogens is 603 g/mol. The summed E-state index contributed by atoms with van der Waals surface area (Å²) in [6, 6.07) is 24.9. The van der Waals surface area contributed by atoms with Crippen LogP contribution in [0.25, 0.3) is 0 Å². The molecule has 7 nitrogen and oxygen atoms in total. The number of likely N-dealkylation sites (tertiary alicyclic amines) is 1. The van der Waals surface area contributed by atoms with Gasteiger partial charge >= 0.3 is 6.36 Å². The van der Waals surface area contributed by atoms with E-state index in [1.807, 2.05) is 52.7 Å². The van der Waals surface area contributed by atoms with Gasteiger partial charge in [0.25, 0.3) is 11.8 Å². The molecule has 2 amide bonds. The number of carbonyl (C=O) groups excluding carboxylic acids is 2. The molecule has 1 aliphatic rings. The van der Waals surface area contributed by atoms with Crippen molar-refractivity contribution in [1.82, 2.24) is 15.5 Å². The first-order valence-electron chi connectivity index (χ1n) is 14.7. The molecule has 1 aliphatic heterocycles. The molecule has 0 aliphatic carbocycles. The van der Waals surface area contributed by atoms with Crippen molar-refractivity contribution in [2.24, 2.45) is 0 Å². The topological polar surface area (TPSA) is 90.9 Å². The normalized spacial score (nSPS) is 16.3. The van der Waals surface area contributed by atoms with E-state index in [0.29, 0.717) is 29.7 Å². The minimum Gasteiger partial charge on any atom is -0.406 e. The van der Waals surface area contributed by atoms with Crippen molar-refractivity contribution >= 4 is 23.2 Å². The second-order valence-electron chi connectivity index (χ2n) is 10.9. The summed E-state index contributed by atoms with van der Waals surface area (Å²) in [5.74, 6) is -0.891. The summed E-state index contributed by atoms with van der Waals surface area (Å²) >= 11 is 1.63. The maximum absolute atomic E-state index is 13.5. The van der Waals surface area contributed by atoms with Crippen LogP contribution in [0.2, 0.25) is 0 Å². The van der Waals surface area contributed by atoms with Crippen LogP contribution in [0.1, 0.15) is 55.6 Å². The van der Waals surface area contributed by atoms with Gasteiger partial charge in [0, 0.05) is 35.6 Å². The van der Waals surface area contributed by atoms with Crippen molar-refractivity contribution in [2.45, 2.75) is 50.4 Å². The Kier molecular flexibility index (Phi) is 10.5. The number of carbonyl (C=O) groups is 2. The van der Waals surface area contributed by atoms with Crippen molar-refractivity contribution in [3.63, 3.8) is 0 Å². The van der Waals surface area contributed by atoms with Crippen LogP contribution in [0.5, 0.6) is 5.75 Å². The number of halogens is 3. The van der Waals surface area contributed by atoms with E-state index in [0.717, 1.165) is 23.3 Å². The highest BCUT2D eigenvalue weighted by molar-refractivity contribution is 7.10. The van der Waals surface area contributed by atoms with Gasteiger partial charge in [-0.25, -0.2) is 0 Å². The molecule has 3 atom stereocenters. The van der Waals surface area contributed by atoms with E-state index in [-0.39, 0.29) is 30.8 Å². The van der Waals surface area contributed by atoms with E-state index in [1.165, 1.54) is 18.2 Å². The van der Waals surface area contributed by atoms with Crippen molar-refractivity contribution in [1.29, 1.82) is 0 Å². The predicted molar refractivity (Wildman–Crippen MR) is 166 cm³/mol. The fraction of sp³-hybridized carbons (Fsp3) is 0.294. The smallest absolute Gasteiger partial charge is 0.406 e. The lowest BCUT2D eigenvalue weighted by molar-refractivity contribution is -0.274. The zero-order chi connectivity index (χ0) is 31.8. The van der Waals surface area contributed by atoms with Crippen molar-refractivity contribution in [3.8, 4) is 5.75 Å². The number of aliphatic hydroxyl groups is 1. The standard InChI is InChI=1S/C34H34F3N3O4S/c35-34(36,37)44-27-13-4-10-24(18-27)21-38-22-30(41)28(19-23-8-2-1-3-9-23)39-32(42)25-11-5-12-26(20-25)33(43)40-16-6-14-29(40)31-15-7-17-45-31/h1-5,7-13,15,17-18,20,28-30,38,41H,6,14,16,19,21-22H2,(H,39,42)/t28-,29?,30-/m0/s1. The Morgan fingerprint density at radius 2 is 1.71 bits per heavy atom. The number of rotatable bonds is 12. The largest absolute Gasteiger partial charge is 0.573 e. The first kappa shape index (κ1) is 32.2. The number of hydrogen-bond acceptors (Lipinski definition) is 6. The van der Waals surface area contributed by atoms with Gasteiger partial charge in [0.15, 0.2) is 0 Å². The molecule has 11 heteroatoms. The zero-order valence-corrected chi connectivity index (χ0v) is 25.2.